The van der Waals surface area contributed by atoms with E-state index < -0.39 is 6.10 Å². The fourth-order valence-corrected chi connectivity index (χ4v) is 3.07. The van der Waals surface area contributed by atoms with Gasteiger partial charge in [-0.2, -0.15) is 0 Å². The quantitative estimate of drug-likeness (QED) is 0.721. The topological polar surface area (TPSA) is 42.7 Å². The maximum Gasteiger partial charge on any atom is 0.268 e. The van der Waals surface area contributed by atoms with Gasteiger partial charge < -0.3 is 14.1 Å². The summed E-state index contributed by atoms with van der Waals surface area (Å²) in [5, 5.41) is 0. The molecule has 2 heterocycles. The molecule has 1 aromatic heterocycles. The van der Waals surface area contributed by atoms with Gasteiger partial charge in [0.2, 0.25) is 0 Å². The number of ether oxygens (including phenoxy) is 1. The predicted molar refractivity (Wildman–Crippen MR) is 95.6 cm³/mol. The van der Waals surface area contributed by atoms with Crippen LogP contribution in [0.4, 0.5) is 5.69 Å². The Morgan fingerprint density at radius 1 is 1.08 bits per heavy atom. The van der Waals surface area contributed by atoms with Crippen molar-refractivity contribution >= 4 is 11.6 Å². The summed E-state index contributed by atoms with van der Waals surface area (Å²) in [4.78, 5) is 14.9. The molecule has 1 atom stereocenters. The van der Waals surface area contributed by atoms with Gasteiger partial charge in [-0.05, 0) is 42.8 Å². The number of para-hydroxylation sites is 1. The number of benzene rings is 2. The standard InChI is InChI=1S/C21H19NO3/c1-15-8-10-17(11-9-15)22(14-18-6-4-12-24-18)21(23)20-13-16-5-2-3-7-19(16)25-20/h2-12,20H,13-14H2,1H3/t20-/m1/s1. The third kappa shape index (κ3) is 3.15. The van der Waals surface area contributed by atoms with Crippen LogP contribution in [-0.4, -0.2) is 12.0 Å². The van der Waals surface area contributed by atoms with Gasteiger partial charge in [-0.3, -0.25) is 4.79 Å². The maximum atomic E-state index is 13.2. The van der Waals surface area contributed by atoms with Crippen LogP contribution in [0.3, 0.4) is 0 Å². The molecule has 25 heavy (non-hydrogen) atoms. The minimum absolute atomic E-state index is 0.0588. The molecule has 1 amide bonds. The van der Waals surface area contributed by atoms with Crippen LogP contribution in [0.25, 0.3) is 0 Å². The van der Waals surface area contributed by atoms with Crippen LogP contribution in [0, 0.1) is 6.92 Å². The zero-order valence-electron chi connectivity index (χ0n) is 14.0. The minimum Gasteiger partial charge on any atom is -0.480 e. The zero-order valence-corrected chi connectivity index (χ0v) is 14.0. The Kier molecular flexibility index (Phi) is 4.02. The molecule has 0 radical (unpaired) electrons. The molecule has 4 heteroatoms. The Labute approximate surface area is 146 Å². The van der Waals surface area contributed by atoms with E-state index in [-0.39, 0.29) is 5.91 Å². The molecule has 0 aliphatic carbocycles. The van der Waals surface area contributed by atoms with Crippen molar-refractivity contribution < 1.29 is 13.9 Å². The summed E-state index contributed by atoms with van der Waals surface area (Å²) in [7, 11) is 0. The van der Waals surface area contributed by atoms with Crippen LogP contribution in [0.15, 0.2) is 71.3 Å². The molecule has 4 nitrogen and oxygen atoms in total. The van der Waals surface area contributed by atoms with Crippen molar-refractivity contribution in [1.29, 1.82) is 0 Å². The number of rotatable bonds is 4. The maximum absolute atomic E-state index is 13.2. The van der Waals surface area contributed by atoms with Crippen LogP contribution in [-0.2, 0) is 17.8 Å². The molecule has 1 aliphatic rings. The summed E-state index contributed by atoms with van der Waals surface area (Å²) >= 11 is 0. The first-order chi connectivity index (χ1) is 12.2. The molecule has 0 spiro atoms. The van der Waals surface area contributed by atoms with E-state index in [0.29, 0.717) is 13.0 Å². The minimum atomic E-state index is -0.506. The Hall–Kier alpha value is -3.01. The molecule has 126 valence electrons. The average Bonchev–Trinajstić information content (AvgIpc) is 3.29. The van der Waals surface area contributed by atoms with Gasteiger partial charge in [0.1, 0.15) is 11.5 Å². The Morgan fingerprint density at radius 2 is 1.88 bits per heavy atom. The number of nitrogens with zero attached hydrogens (tertiary/aromatic N) is 1. The molecule has 0 N–H and O–H groups in total. The Balaban J connectivity index is 1.61. The fourth-order valence-electron chi connectivity index (χ4n) is 3.07. The van der Waals surface area contributed by atoms with Gasteiger partial charge in [0.25, 0.3) is 5.91 Å². The monoisotopic (exact) mass is 333 g/mol. The third-order valence-electron chi connectivity index (χ3n) is 4.43. The number of hydrogen-bond acceptors (Lipinski definition) is 3. The van der Waals surface area contributed by atoms with Crippen LogP contribution < -0.4 is 9.64 Å². The molecule has 3 aromatic rings. The van der Waals surface area contributed by atoms with Gasteiger partial charge in [-0.15, -0.1) is 0 Å². The van der Waals surface area contributed by atoms with E-state index >= 15 is 0 Å². The molecular weight excluding hydrogens is 314 g/mol. The number of aryl methyl sites for hydroxylation is 1. The van der Waals surface area contributed by atoms with Crippen LogP contribution in [0.5, 0.6) is 5.75 Å². The first-order valence-electron chi connectivity index (χ1n) is 8.36. The second-order valence-corrected chi connectivity index (χ2v) is 6.26. The van der Waals surface area contributed by atoms with E-state index in [9.17, 15) is 4.79 Å². The highest BCUT2D eigenvalue weighted by Gasteiger charge is 2.33. The van der Waals surface area contributed by atoms with Gasteiger partial charge in [-0.25, -0.2) is 0 Å². The highest BCUT2D eigenvalue weighted by atomic mass is 16.5. The van der Waals surface area contributed by atoms with Crippen molar-refractivity contribution in [2.24, 2.45) is 0 Å². The van der Waals surface area contributed by atoms with Crippen molar-refractivity contribution in [3.63, 3.8) is 0 Å². The van der Waals surface area contributed by atoms with E-state index in [1.165, 1.54) is 0 Å². The van der Waals surface area contributed by atoms with Crippen molar-refractivity contribution in [2.45, 2.75) is 26.0 Å². The van der Waals surface area contributed by atoms with E-state index in [4.69, 9.17) is 9.15 Å². The molecule has 2 aromatic carbocycles. The largest absolute Gasteiger partial charge is 0.480 e. The van der Waals surface area contributed by atoms with Gasteiger partial charge >= 0.3 is 0 Å². The zero-order chi connectivity index (χ0) is 17.2. The van der Waals surface area contributed by atoms with E-state index in [1.54, 1.807) is 11.2 Å². The number of amides is 1. The fraction of sp³-hybridized carbons (Fsp3) is 0.190. The Bertz CT molecular complexity index is 843. The second kappa shape index (κ2) is 6.48. The van der Waals surface area contributed by atoms with E-state index in [0.717, 1.165) is 28.3 Å². The third-order valence-corrected chi connectivity index (χ3v) is 4.43. The number of hydrogen-bond donors (Lipinski definition) is 0. The molecule has 0 saturated heterocycles. The molecule has 0 saturated carbocycles. The lowest BCUT2D eigenvalue weighted by Crippen LogP contribution is -2.41. The lowest BCUT2D eigenvalue weighted by atomic mass is 10.1. The summed E-state index contributed by atoms with van der Waals surface area (Å²) in [6.45, 7) is 2.41. The summed E-state index contributed by atoms with van der Waals surface area (Å²) < 4.78 is 11.3. The SMILES string of the molecule is Cc1ccc(N(Cc2ccco2)C(=O)[C@H]2Cc3ccccc3O2)cc1. The van der Waals surface area contributed by atoms with E-state index in [2.05, 4.69) is 0 Å². The average molecular weight is 333 g/mol. The number of carbonyl (C=O) groups is 1. The van der Waals surface area contributed by atoms with Crippen molar-refractivity contribution in [3.8, 4) is 5.75 Å². The summed E-state index contributed by atoms with van der Waals surface area (Å²) in [5.74, 6) is 1.48. The van der Waals surface area contributed by atoms with Crippen LogP contribution >= 0.6 is 0 Å². The number of anilines is 1. The lowest BCUT2D eigenvalue weighted by molar-refractivity contribution is -0.124. The van der Waals surface area contributed by atoms with Crippen molar-refractivity contribution in [3.05, 3.63) is 83.8 Å². The summed E-state index contributed by atoms with van der Waals surface area (Å²) in [6.07, 6.45) is 1.71. The molecule has 4 rings (SSSR count). The molecule has 0 bridgehead atoms. The van der Waals surface area contributed by atoms with Crippen LogP contribution in [0.1, 0.15) is 16.9 Å². The molecular formula is C21H19NO3. The second-order valence-electron chi connectivity index (χ2n) is 6.26. The van der Waals surface area contributed by atoms with Gasteiger partial charge in [0.05, 0.1) is 12.8 Å². The van der Waals surface area contributed by atoms with Crippen LogP contribution in [0.2, 0.25) is 0 Å². The summed E-state index contributed by atoms with van der Waals surface area (Å²) in [6, 6.07) is 19.4. The first-order valence-corrected chi connectivity index (χ1v) is 8.36. The number of furan rings is 1. The Morgan fingerprint density at radius 3 is 2.60 bits per heavy atom. The van der Waals surface area contributed by atoms with Gasteiger partial charge in [-0.1, -0.05) is 35.9 Å². The van der Waals surface area contributed by atoms with Crippen molar-refractivity contribution in [1.82, 2.24) is 0 Å². The first kappa shape index (κ1) is 15.5. The highest BCUT2D eigenvalue weighted by molar-refractivity contribution is 5.97. The van der Waals surface area contributed by atoms with Gasteiger partial charge in [0, 0.05) is 12.1 Å². The smallest absolute Gasteiger partial charge is 0.268 e. The van der Waals surface area contributed by atoms with Gasteiger partial charge in [0.15, 0.2) is 6.10 Å². The van der Waals surface area contributed by atoms with E-state index in [1.807, 2.05) is 67.6 Å². The molecule has 1 aliphatic heterocycles. The predicted octanol–water partition coefficient (Wildman–Crippen LogP) is 4.12. The molecule has 0 fully saturated rings. The highest BCUT2D eigenvalue weighted by Crippen LogP contribution is 2.30. The number of fused-ring (bicyclic) bond motifs is 1. The van der Waals surface area contributed by atoms with Crippen molar-refractivity contribution in [2.75, 3.05) is 4.90 Å². The molecule has 0 unspecified atom stereocenters. The summed E-state index contributed by atoms with van der Waals surface area (Å²) in [5.41, 5.74) is 3.06. The lowest BCUT2D eigenvalue weighted by Gasteiger charge is -2.25. The normalized spacial score (nSPS) is 15.5. The number of carbonyl (C=O) groups excluding carboxylic acids is 1.